The molecule has 2 saturated heterocycles. The molecule has 6 rings (SSSR count). The molecular formula is C23H19ClF2N6O. The Bertz CT molecular complexity index is 1440. The maximum absolute atomic E-state index is 14.2. The number of H-pyrrole nitrogens is 1. The Morgan fingerprint density at radius 3 is 2.79 bits per heavy atom. The predicted molar refractivity (Wildman–Crippen MR) is 119 cm³/mol. The molecule has 4 aromatic rings. The van der Waals surface area contributed by atoms with Crippen LogP contribution in [0.2, 0.25) is 5.02 Å². The van der Waals surface area contributed by atoms with E-state index < -0.39 is 11.6 Å². The number of rotatable bonds is 1. The fourth-order valence-corrected chi connectivity index (χ4v) is 4.94. The van der Waals surface area contributed by atoms with E-state index in [9.17, 15) is 8.78 Å². The Balaban J connectivity index is 1.38. The summed E-state index contributed by atoms with van der Waals surface area (Å²) < 4.78 is 35.4. The van der Waals surface area contributed by atoms with Crippen LogP contribution in [0, 0.1) is 28.9 Å². The van der Waals surface area contributed by atoms with Gasteiger partial charge in [-0.1, -0.05) is 17.5 Å². The van der Waals surface area contributed by atoms with Crippen LogP contribution in [0.5, 0.6) is 0 Å². The number of benzene rings is 1. The molecule has 0 saturated carbocycles. The minimum Gasteiger partial charge on any atom is -0.381 e. The zero-order valence-electron chi connectivity index (χ0n) is 17.5. The molecule has 2 aliphatic heterocycles. The van der Waals surface area contributed by atoms with Crippen molar-refractivity contribution in [2.45, 2.75) is 19.3 Å². The number of hydrogen-bond acceptors (Lipinski definition) is 5. The molecule has 1 spiro atoms. The summed E-state index contributed by atoms with van der Waals surface area (Å²) in [4.78, 5) is 11.5. The summed E-state index contributed by atoms with van der Waals surface area (Å²) in [7, 11) is 0. The number of hydrogen-bond donors (Lipinski definition) is 1. The van der Waals surface area contributed by atoms with E-state index in [1.807, 2.05) is 10.6 Å². The molecule has 0 radical (unpaired) electrons. The van der Waals surface area contributed by atoms with Crippen LogP contribution in [0.3, 0.4) is 0 Å². The maximum atomic E-state index is 14.2. The number of ether oxygens (including phenoxy) is 1. The van der Waals surface area contributed by atoms with Gasteiger partial charge in [0, 0.05) is 32.1 Å². The smallest absolute Gasteiger partial charge is 0.213 e. The van der Waals surface area contributed by atoms with E-state index in [-0.39, 0.29) is 10.6 Å². The first-order chi connectivity index (χ1) is 16.0. The second-order valence-corrected chi connectivity index (χ2v) is 9.03. The highest BCUT2D eigenvalue weighted by Gasteiger charge is 2.38. The first-order valence-electron chi connectivity index (χ1n) is 10.7. The number of nitrogens with one attached hydrogen (secondary N) is 1. The second kappa shape index (κ2) is 7.68. The lowest BCUT2D eigenvalue weighted by Gasteiger charge is -2.38. The van der Waals surface area contributed by atoms with E-state index in [0.717, 1.165) is 63.6 Å². The maximum Gasteiger partial charge on any atom is 0.213 e. The van der Waals surface area contributed by atoms with Crippen LogP contribution in [-0.2, 0) is 4.74 Å². The lowest BCUT2D eigenvalue weighted by atomic mass is 9.78. The van der Waals surface area contributed by atoms with Crippen molar-refractivity contribution in [2.75, 3.05) is 31.2 Å². The molecule has 1 N–H and O–H groups in total. The monoisotopic (exact) mass is 468 g/mol. The minimum atomic E-state index is -0.767. The molecule has 10 heteroatoms. The van der Waals surface area contributed by atoms with Gasteiger partial charge < -0.3 is 9.64 Å². The first-order valence-corrected chi connectivity index (χ1v) is 11.1. The SMILES string of the molecule is Fc1cc(Cl)c(F)c(C#Cc2[nH]nc3nc(N4CCC5(CCOC5)CC4)n4ccnc4c23)c1. The second-order valence-electron chi connectivity index (χ2n) is 8.62. The highest BCUT2D eigenvalue weighted by molar-refractivity contribution is 6.30. The Morgan fingerprint density at radius 2 is 2.00 bits per heavy atom. The summed E-state index contributed by atoms with van der Waals surface area (Å²) in [6.07, 6.45) is 6.79. The van der Waals surface area contributed by atoms with Crippen LogP contribution >= 0.6 is 11.6 Å². The zero-order chi connectivity index (χ0) is 22.6. The number of imidazole rings is 1. The van der Waals surface area contributed by atoms with Crippen molar-refractivity contribution in [3.05, 3.63) is 52.4 Å². The van der Waals surface area contributed by atoms with Crippen molar-refractivity contribution < 1.29 is 13.5 Å². The largest absolute Gasteiger partial charge is 0.381 e. The summed E-state index contributed by atoms with van der Waals surface area (Å²) in [5.41, 5.74) is 1.69. The fraction of sp³-hybridized carbons (Fsp3) is 0.348. The number of nitrogens with zero attached hydrogens (tertiary/aromatic N) is 5. The summed E-state index contributed by atoms with van der Waals surface area (Å²) >= 11 is 5.73. The molecule has 33 heavy (non-hydrogen) atoms. The van der Waals surface area contributed by atoms with Crippen molar-refractivity contribution >= 4 is 34.2 Å². The van der Waals surface area contributed by atoms with Gasteiger partial charge in [0.05, 0.1) is 22.6 Å². The van der Waals surface area contributed by atoms with Gasteiger partial charge in [0.15, 0.2) is 17.1 Å². The van der Waals surface area contributed by atoms with Crippen molar-refractivity contribution in [3.63, 3.8) is 0 Å². The molecular weight excluding hydrogens is 450 g/mol. The van der Waals surface area contributed by atoms with Crippen molar-refractivity contribution in [2.24, 2.45) is 5.41 Å². The van der Waals surface area contributed by atoms with E-state index in [0.29, 0.717) is 27.8 Å². The topological polar surface area (TPSA) is 71.3 Å². The first kappa shape index (κ1) is 20.4. The van der Waals surface area contributed by atoms with E-state index >= 15 is 0 Å². The van der Waals surface area contributed by atoms with Crippen LogP contribution in [-0.4, -0.2) is 50.9 Å². The molecule has 0 aliphatic carbocycles. The van der Waals surface area contributed by atoms with Gasteiger partial charge in [-0.15, -0.1) is 0 Å². The van der Waals surface area contributed by atoms with E-state index in [2.05, 4.69) is 31.9 Å². The number of piperidine rings is 1. The van der Waals surface area contributed by atoms with E-state index in [1.54, 1.807) is 6.20 Å². The molecule has 5 heterocycles. The summed E-state index contributed by atoms with van der Waals surface area (Å²) in [5.74, 6) is 4.83. The van der Waals surface area contributed by atoms with Crippen LogP contribution in [0.4, 0.5) is 14.7 Å². The molecule has 168 valence electrons. The molecule has 1 aromatic carbocycles. The molecule has 0 bridgehead atoms. The third kappa shape index (κ3) is 3.41. The van der Waals surface area contributed by atoms with Gasteiger partial charge in [-0.25, -0.2) is 13.8 Å². The fourth-order valence-electron chi connectivity index (χ4n) is 4.74. The van der Waals surface area contributed by atoms with Crippen molar-refractivity contribution in [1.29, 1.82) is 0 Å². The van der Waals surface area contributed by atoms with E-state index in [1.165, 1.54) is 0 Å². The van der Waals surface area contributed by atoms with Gasteiger partial charge in [0.2, 0.25) is 5.95 Å². The lowest BCUT2D eigenvalue weighted by Crippen LogP contribution is -2.41. The van der Waals surface area contributed by atoms with Gasteiger partial charge in [0.25, 0.3) is 0 Å². The predicted octanol–water partition coefficient (Wildman–Crippen LogP) is 3.94. The molecule has 0 amide bonds. The van der Waals surface area contributed by atoms with Gasteiger partial charge in [0.1, 0.15) is 11.5 Å². The van der Waals surface area contributed by atoms with E-state index in [4.69, 9.17) is 21.3 Å². The number of anilines is 1. The zero-order valence-corrected chi connectivity index (χ0v) is 18.3. The average Bonchev–Trinajstić information content (AvgIpc) is 3.55. The Kier molecular flexibility index (Phi) is 4.75. The van der Waals surface area contributed by atoms with Gasteiger partial charge in [-0.3, -0.25) is 9.50 Å². The van der Waals surface area contributed by atoms with Crippen LogP contribution in [0.25, 0.3) is 16.7 Å². The Morgan fingerprint density at radius 1 is 1.15 bits per heavy atom. The third-order valence-electron chi connectivity index (χ3n) is 6.64. The quantitative estimate of drug-likeness (QED) is 0.338. The van der Waals surface area contributed by atoms with Crippen molar-refractivity contribution in [3.8, 4) is 11.8 Å². The molecule has 2 aliphatic rings. The van der Waals surface area contributed by atoms with Crippen LogP contribution < -0.4 is 4.90 Å². The number of halogens is 3. The third-order valence-corrected chi connectivity index (χ3v) is 6.92. The summed E-state index contributed by atoms with van der Waals surface area (Å²) in [6, 6.07) is 1.92. The number of aromatic nitrogens is 5. The van der Waals surface area contributed by atoms with Crippen LogP contribution in [0.1, 0.15) is 30.5 Å². The summed E-state index contributed by atoms with van der Waals surface area (Å²) in [6.45, 7) is 3.45. The molecule has 3 aromatic heterocycles. The standard InChI is InChI=1S/C23H19ClF2N6O/c24-16-12-15(25)11-14(19(16)26)1-2-17-18-20(30-29-17)28-22(32-9-6-27-21(18)32)31-7-3-23(4-8-31)5-10-33-13-23/h6,9,11-12H,3-5,7-8,10,13H2,(H,29,30). The normalized spacial score (nSPS) is 17.7. The molecule has 7 nitrogen and oxygen atoms in total. The summed E-state index contributed by atoms with van der Waals surface area (Å²) in [5, 5.41) is 7.48. The van der Waals surface area contributed by atoms with Gasteiger partial charge in [-0.05, 0) is 42.7 Å². The highest BCUT2D eigenvalue weighted by atomic mass is 35.5. The molecule has 0 atom stereocenters. The lowest BCUT2D eigenvalue weighted by molar-refractivity contribution is 0.133. The van der Waals surface area contributed by atoms with Gasteiger partial charge in [-0.2, -0.15) is 10.1 Å². The van der Waals surface area contributed by atoms with Gasteiger partial charge >= 0.3 is 0 Å². The molecule has 2 fully saturated rings. The minimum absolute atomic E-state index is 0.134. The number of fused-ring (bicyclic) bond motifs is 3. The molecule has 0 unspecified atom stereocenters. The number of aromatic amines is 1. The Hall–Kier alpha value is -3.22. The highest BCUT2D eigenvalue weighted by Crippen LogP contribution is 2.40. The van der Waals surface area contributed by atoms with Crippen LogP contribution in [0.15, 0.2) is 24.5 Å². The Labute approximate surface area is 192 Å². The average molecular weight is 469 g/mol. The van der Waals surface area contributed by atoms with Crippen molar-refractivity contribution in [1.82, 2.24) is 24.6 Å².